The first-order valence-electron chi connectivity index (χ1n) is 9.51. The quantitative estimate of drug-likeness (QED) is 0.853. The molecule has 2 N–H and O–H groups in total. The van der Waals surface area contributed by atoms with Crippen molar-refractivity contribution < 1.29 is 9.90 Å². The Balaban J connectivity index is 1.67. The number of para-hydroxylation sites is 1. The van der Waals surface area contributed by atoms with Crippen molar-refractivity contribution in [3.63, 3.8) is 0 Å². The van der Waals surface area contributed by atoms with Gasteiger partial charge in [-0.05, 0) is 37.3 Å². The third kappa shape index (κ3) is 3.14. The molecule has 2 aromatic rings. The molecular formula is C21H26N4O2. The Bertz CT molecular complexity index is 869. The molecule has 27 heavy (non-hydrogen) atoms. The summed E-state index contributed by atoms with van der Waals surface area (Å²) in [6.45, 7) is 2.09. The lowest BCUT2D eigenvalue weighted by molar-refractivity contribution is 0.0748. The van der Waals surface area contributed by atoms with Gasteiger partial charge in [0.25, 0.3) is 5.91 Å². The van der Waals surface area contributed by atoms with Crippen LogP contribution in [-0.2, 0) is 0 Å². The maximum absolute atomic E-state index is 12.8. The van der Waals surface area contributed by atoms with Crippen molar-refractivity contribution in [1.82, 2.24) is 4.98 Å². The lowest BCUT2D eigenvalue weighted by Gasteiger charge is -2.32. The minimum Gasteiger partial charge on any atom is -0.393 e. The summed E-state index contributed by atoms with van der Waals surface area (Å²) >= 11 is 0. The number of nitrogens with zero attached hydrogens (tertiary/aromatic N) is 3. The van der Waals surface area contributed by atoms with Crippen LogP contribution in [0.15, 0.2) is 36.5 Å². The fourth-order valence-corrected chi connectivity index (χ4v) is 4.13. The molecule has 0 spiro atoms. The number of pyridine rings is 1. The molecule has 1 fully saturated rings. The molecule has 1 saturated carbocycles. The number of rotatable bonds is 2. The fraction of sp³-hybridized carbons (Fsp3) is 0.429. The summed E-state index contributed by atoms with van der Waals surface area (Å²) in [6, 6.07) is 9.97. The Morgan fingerprint density at radius 1 is 1.11 bits per heavy atom. The molecule has 1 aliphatic heterocycles. The number of carbonyl (C=O) groups excluding carboxylic acids is 1. The average molecular weight is 366 g/mol. The molecule has 142 valence electrons. The first-order valence-corrected chi connectivity index (χ1v) is 9.51. The minimum absolute atomic E-state index is 0.0335. The van der Waals surface area contributed by atoms with Gasteiger partial charge in [-0.2, -0.15) is 0 Å². The van der Waals surface area contributed by atoms with Gasteiger partial charge in [-0.1, -0.05) is 19.1 Å². The zero-order chi connectivity index (χ0) is 19.1. The minimum atomic E-state index is -0.203. The predicted octanol–water partition coefficient (Wildman–Crippen LogP) is 3.40. The van der Waals surface area contributed by atoms with E-state index in [-0.39, 0.29) is 17.9 Å². The van der Waals surface area contributed by atoms with Crippen molar-refractivity contribution in [2.75, 3.05) is 29.2 Å². The van der Waals surface area contributed by atoms with E-state index < -0.39 is 0 Å². The fourth-order valence-electron chi connectivity index (χ4n) is 4.13. The van der Waals surface area contributed by atoms with Gasteiger partial charge in [0.15, 0.2) is 0 Å². The van der Waals surface area contributed by atoms with Gasteiger partial charge in [-0.15, -0.1) is 0 Å². The highest BCUT2D eigenvalue weighted by atomic mass is 16.3. The Morgan fingerprint density at radius 2 is 1.89 bits per heavy atom. The Hall–Kier alpha value is -2.60. The maximum Gasteiger partial charge on any atom is 0.260 e. The number of fused-ring (bicyclic) bond motifs is 2. The van der Waals surface area contributed by atoms with Crippen LogP contribution in [0.3, 0.4) is 0 Å². The second kappa shape index (κ2) is 6.85. The number of amides is 1. The maximum atomic E-state index is 12.8. The molecular weight excluding hydrogens is 340 g/mol. The number of benzene rings is 1. The predicted molar refractivity (Wildman–Crippen MR) is 108 cm³/mol. The van der Waals surface area contributed by atoms with E-state index in [1.807, 2.05) is 42.3 Å². The van der Waals surface area contributed by atoms with Gasteiger partial charge < -0.3 is 20.2 Å². The van der Waals surface area contributed by atoms with Gasteiger partial charge in [-0.3, -0.25) is 4.79 Å². The van der Waals surface area contributed by atoms with Crippen molar-refractivity contribution in [3.05, 3.63) is 42.1 Å². The van der Waals surface area contributed by atoms with E-state index in [0.717, 1.165) is 42.1 Å². The molecule has 0 bridgehead atoms. The number of aromatic nitrogens is 1. The number of aliphatic hydroxyl groups is 1. The van der Waals surface area contributed by atoms with Gasteiger partial charge in [0, 0.05) is 26.2 Å². The summed E-state index contributed by atoms with van der Waals surface area (Å²) in [5, 5.41) is 13.5. The van der Waals surface area contributed by atoms with E-state index in [9.17, 15) is 9.90 Å². The van der Waals surface area contributed by atoms with Crippen molar-refractivity contribution in [3.8, 4) is 0 Å². The average Bonchev–Trinajstić information content (AvgIpc) is 2.75. The molecule has 0 radical (unpaired) electrons. The summed E-state index contributed by atoms with van der Waals surface area (Å²) in [7, 11) is 3.77. The van der Waals surface area contributed by atoms with Crippen LogP contribution in [0.5, 0.6) is 0 Å². The Labute approximate surface area is 159 Å². The molecule has 6 heteroatoms. The van der Waals surface area contributed by atoms with Crippen LogP contribution < -0.4 is 15.1 Å². The number of hydrogen-bond donors (Lipinski definition) is 2. The van der Waals surface area contributed by atoms with Crippen molar-refractivity contribution in [1.29, 1.82) is 0 Å². The number of carbonyl (C=O) groups is 1. The van der Waals surface area contributed by atoms with Crippen molar-refractivity contribution in [2.24, 2.45) is 5.92 Å². The summed E-state index contributed by atoms with van der Waals surface area (Å²) in [5.74, 6) is 1.05. The molecule has 3 atom stereocenters. The van der Waals surface area contributed by atoms with Gasteiger partial charge in [0.2, 0.25) is 0 Å². The van der Waals surface area contributed by atoms with Crippen LogP contribution in [0, 0.1) is 5.92 Å². The van der Waals surface area contributed by atoms with Crippen molar-refractivity contribution in [2.45, 2.75) is 38.3 Å². The van der Waals surface area contributed by atoms with E-state index in [1.165, 1.54) is 0 Å². The number of anilines is 4. The Morgan fingerprint density at radius 3 is 2.67 bits per heavy atom. The van der Waals surface area contributed by atoms with Crippen LogP contribution >= 0.6 is 0 Å². The zero-order valence-electron chi connectivity index (χ0n) is 16.0. The van der Waals surface area contributed by atoms with E-state index >= 15 is 0 Å². The summed E-state index contributed by atoms with van der Waals surface area (Å²) < 4.78 is 0. The summed E-state index contributed by atoms with van der Waals surface area (Å²) in [4.78, 5) is 21.1. The SMILES string of the molecule is C[C@H]1C[C@H](Nc2cc3c(cn2)N(C)C(=O)c2ccccc2N3C)CC[C@H]1O. The molecule has 2 aliphatic rings. The van der Waals surface area contributed by atoms with Gasteiger partial charge in [0.1, 0.15) is 5.82 Å². The topological polar surface area (TPSA) is 68.7 Å². The molecule has 1 aromatic carbocycles. The highest BCUT2D eigenvalue weighted by Gasteiger charge is 2.29. The van der Waals surface area contributed by atoms with Gasteiger partial charge in [-0.25, -0.2) is 4.98 Å². The highest BCUT2D eigenvalue weighted by molar-refractivity contribution is 6.13. The molecule has 1 aliphatic carbocycles. The third-order valence-electron chi connectivity index (χ3n) is 5.86. The van der Waals surface area contributed by atoms with Gasteiger partial charge >= 0.3 is 0 Å². The number of aliphatic hydroxyl groups excluding tert-OH is 1. The monoisotopic (exact) mass is 366 g/mol. The van der Waals surface area contributed by atoms with E-state index in [0.29, 0.717) is 11.6 Å². The van der Waals surface area contributed by atoms with Crippen LogP contribution in [-0.4, -0.2) is 42.2 Å². The van der Waals surface area contributed by atoms with E-state index in [4.69, 9.17) is 0 Å². The van der Waals surface area contributed by atoms with Crippen LogP contribution in [0.25, 0.3) is 0 Å². The lowest BCUT2D eigenvalue weighted by atomic mass is 9.84. The third-order valence-corrected chi connectivity index (χ3v) is 5.86. The summed E-state index contributed by atoms with van der Waals surface area (Å²) in [5.41, 5.74) is 3.30. The molecule has 1 amide bonds. The molecule has 1 aromatic heterocycles. The number of hydrogen-bond acceptors (Lipinski definition) is 5. The van der Waals surface area contributed by atoms with E-state index in [1.54, 1.807) is 18.1 Å². The first kappa shape index (κ1) is 17.8. The van der Waals surface area contributed by atoms with Crippen LogP contribution in [0.2, 0.25) is 0 Å². The lowest BCUT2D eigenvalue weighted by Crippen LogP contribution is -2.34. The summed E-state index contributed by atoms with van der Waals surface area (Å²) in [6.07, 6.45) is 4.23. The molecule has 2 heterocycles. The largest absolute Gasteiger partial charge is 0.393 e. The standard InChI is InChI=1S/C21H26N4O2/c1-13-10-14(8-9-19(13)26)23-20-11-17-18(12-22-20)25(3)21(27)15-6-4-5-7-16(15)24(17)2/h4-7,11-14,19,26H,8-10H2,1-3H3,(H,22,23)/t13-,14+,19+/m0/s1. The Kier molecular flexibility index (Phi) is 4.52. The zero-order valence-corrected chi connectivity index (χ0v) is 16.0. The van der Waals surface area contributed by atoms with E-state index in [2.05, 4.69) is 17.2 Å². The van der Waals surface area contributed by atoms with Gasteiger partial charge in [0.05, 0.1) is 34.9 Å². The normalized spacial score (nSPS) is 24.9. The second-order valence-corrected chi connectivity index (χ2v) is 7.70. The van der Waals surface area contributed by atoms with Crippen molar-refractivity contribution >= 4 is 28.8 Å². The van der Waals surface area contributed by atoms with Crippen LogP contribution in [0.1, 0.15) is 36.5 Å². The highest BCUT2D eigenvalue weighted by Crippen LogP contribution is 2.40. The number of nitrogens with one attached hydrogen (secondary N) is 1. The first-order chi connectivity index (χ1) is 13.0. The molecule has 4 rings (SSSR count). The smallest absolute Gasteiger partial charge is 0.260 e. The molecule has 6 nitrogen and oxygen atoms in total. The molecule has 0 unspecified atom stereocenters. The second-order valence-electron chi connectivity index (χ2n) is 7.70. The van der Waals surface area contributed by atoms with Crippen LogP contribution in [0.4, 0.5) is 22.9 Å². The molecule has 0 saturated heterocycles.